The molecule has 0 aromatic carbocycles. The highest BCUT2D eigenvalue weighted by Crippen LogP contribution is 2.06. The van der Waals surface area contributed by atoms with Gasteiger partial charge in [0.15, 0.2) is 0 Å². The van der Waals surface area contributed by atoms with Gasteiger partial charge in [-0.2, -0.15) is 0 Å². The van der Waals surface area contributed by atoms with Crippen LogP contribution in [0.2, 0.25) is 0 Å². The lowest BCUT2D eigenvalue weighted by Gasteiger charge is -2.25. The summed E-state index contributed by atoms with van der Waals surface area (Å²) in [6.45, 7) is 5.68. The number of pyridine rings is 1. The van der Waals surface area contributed by atoms with Crippen LogP contribution in [0, 0.1) is 0 Å². The molecule has 0 saturated carbocycles. The Morgan fingerprint density at radius 2 is 2.11 bits per heavy atom. The summed E-state index contributed by atoms with van der Waals surface area (Å²) in [5.74, 6) is -0.672. The first-order valence-electron chi connectivity index (χ1n) is 5.93. The Morgan fingerprint density at radius 1 is 1.39 bits per heavy atom. The zero-order valence-electron chi connectivity index (χ0n) is 10.9. The molecule has 0 aliphatic rings. The molecule has 1 heterocycles. The smallest absolute Gasteiger partial charge is 0.325 e. The van der Waals surface area contributed by atoms with E-state index in [2.05, 4.69) is 4.98 Å². The summed E-state index contributed by atoms with van der Waals surface area (Å²) in [5.41, 5.74) is 0.329. The van der Waals surface area contributed by atoms with Crippen LogP contribution in [0.15, 0.2) is 24.4 Å². The topological polar surface area (TPSA) is 59.5 Å². The summed E-state index contributed by atoms with van der Waals surface area (Å²) in [4.78, 5) is 29.1. The Kier molecular flexibility index (Phi) is 5.30. The molecule has 1 rings (SSSR count). The van der Waals surface area contributed by atoms with Gasteiger partial charge in [-0.15, -0.1) is 0 Å². The van der Waals surface area contributed by atoms with E-state index in [0.29, 0.717) is 12.3 Å². The van der Waals surface area contributed by atoms with Crippen LogP contribution in [0.5, 0.6) is 0 Å². The maximum absolute atomic E-state index is 12.2. The van der Waals surface area contributed by atoms with E-state index >= 15 is 0 Å². The number of aromatic nitrogens is 1. The summed E-state index contributed by atoms with van der Waals surface area (Å²) >= 11 is 0. The zero-order chi connectivity index (χ0) is 13.5. The minimum absolute atomic E-state index is 0.0546. The van der Waals surface area contributed by atoms with Gasteiger partial charge in [0, 0.05) is 12.2 Å². The SMILES string of the molecule is CCOC(=O)CN(C(=O)c1ccccn1)C(C)C. The van der Waals surface area contributed by atoms with Crippen molar-refractivity contribution in [3.63, 3.8) is 0 Å². The Hall–Kier alpha value is -1.91. The third-order valence-electron chi connectivity index (χ3n) is 2.37. The summed E-state index contributed by atoms with van der Waals surface area (Å²) in [7, 11) is 0. The number of carbonyl (C=O) groups is 2. The third-order valence-corrected chi connectivity index (χ3v) is 2.37. The van der Waals surface area contributed by atoms with Gasteiger partial charge in [0.1, 0.15) is 12.2 Å². The van der Waals surface area contributed by atoms with Gasteiger partial charge >= 0.3 is 5.97 Å². The highest BCUT2D eigenvalue weighted by atomic mass is 16.5. The normalized spacial score (nSPS) is 10.2. The first-order chi connectivity index (χ1) is 8.56. The number of carbonyl (C=O) groups excluding carboxylic acids is 2. The van der Waals surface area contributed by atoms with E-state index in [1.165, 1.54) is 4.90 Å². The van der Waals surface area contributed by atoms with Gasteiger partial charge in [0.05, 0.1) is 6.61 Å². The minimum atomic E-state index is -0.407. The molecule has 1 aromatic rings. The quantitative estimate of drug-likeness (QED) is 0.743. The molecular formula is C13H18N2O3. The first kappa shape index (κ1) is 14.2. The van der Waals surface area contributed by atoms with E-state index < -0.39 is 5.97 Å². The van der Waals surface area contributed by atoms with Gasteiger partial charge in [-0.05, 0) is 32.9 Å². The molecule has 0 aliphatic heterocycles. The molecule has 0 unspecified atom stereocenters. The van der Waals surface area contributed by atoms with E-state index in [4.69, 9.17) is 4.74 Å². The highest BCUT2D eigenvalue weighted by molar-refractivity contribution is 5.94. The van der Waals surface area contributed by atoms with Crippen molar-refractivity contribution >= 4 is 11.9 Å². The third kappa shape index (κ3) is 3.84. The minimum Gasteiger partial charge on any atom is -0.465 e. The van der Waals surface area contributed by atoms with Crippen molar-refractivity contribution in [1.82, 2.24) is 9.88 Å². The summed E-state index contributed by atoms with van der Waals surface area (Å²) in [5, 5.41) is 0. The lowest BCUT2D eigenvalue weighted by atomic mass is 10.2. The summed E-state index contributed by atoms with van der Waals surface area (Å²) in [6.07, 6.45) is 1.55. The second-order valence-electron chi connectivity index (χ2n) is 4.05. The molecule has 0 spiro atoms. The van der Waals surface area contributed by atoms with Crippen LogP contribution in [0.4, 0.5) is 0 Å². The average molecular weight is 250 g/mol. The number of esters is 1. The molecule has 0 N–H and O–H groups in total. The van der Waals surface area contributed by atoms with Gasteiger partial charge in [-0.3, -0.25) is 14.6 Å². The number of rotatable bonds is 5. The van der Waals surface area contributed by atoms with E-state index in [1.807, 2.05) is 13.8 Å². The number of ether oxygens (including phenoxy) is 1. The van der Waals surface area contributed by atoms with Gasteiger partial charge < -0.3 is 9.64 Å². The highest BCUT2D eigenvalue weighted by Gasteiger charge is 2.22. The second-order valence-corrected chi connectivity index (χ2v) is 4.05. The predicted octanol–water partition coefficient (Wildman–Crippen LogP) is 1.50. The Labute approximate surface area is 107 Å². The van der Waals surface area contributed by atoms with Crippen LogP contribution in [-0.4, -0.2) is 41.0 Å². The van der Waals surface area contributed by atoms with Crippen molar-refractivity contribution in [2.24, 2.45) is 0 Å². The van der Waals surface area contributed by atoms with Crippen molar-refractivity contribution in [2.75, 3.05) is 13.2 Å². The molecular weight excluding hydrogens is 232 g/mol. The van der Waals surface area contributed by atoms with Gasteiger partial charge in [0.25, 0.3) is 5.91 Å². The van der Waals surface area contributed by atoms with Crippen molar-refractivity contribution in [3.05, 3.63) is 30.1 Å². The summed E-state index contributed by atoms with van der Waals surface area (Å²) < 4.78 is 4.86. The molecule has 18 heavy (non-hydrogen) atoms. The fourth-order valence-corrected chi connectivity index (χ4v) is 1.47. The number of nitrogens with zero attached hydrogens (tertiary/aromatic N) is 2. The number of hydrogen-bond donors (Lipinski definition) is 0. The maximum Gasteiger partial charge on any atom is 0.325 e. The van der Waals surface area contributed by atoms with Crippen molar-refractivity contribution < 1.29 is 14.3 Å². The monoisotopic (exact) mass is 250 g/mol. The van der Waals surface area contributed by atoms with Gasteiger partial charge in [0.2, 0.25) is 0 Å². The molecule has 1 amide bonds. The predicted molar refractivity (Wildman–Crippen MR) is 67.0 cm³/mol. The van der Waals surface area contributed by atoms with Crippen LogP contribution in [0.25, 0.3) is 0 Å². The van der Waals surface area contributed by atoms with E-state index in [-0.39, 0.29) is 18.5 Å². The first-order valence-corrected chi connectivity index (χ1v) is 5.93. The molecule has 1 aromatic heterocycles. The van der Waals surface area contributed by atoms with Crippen molar-refractivity contribution in [1.29, 1.82) is 0 Å². The molecule has 0 fully saturated rings. The fraction of sp³-hybridized carbons (Fsp3) is 0.462. The van der Waals surface area contributed by atoms with E-state index in [1.54, 1.807) is 31.3 Å². The van der Waals surface area contributed by atoms with Gasteiger partial charge in [-0.25, -0.2) is 0 Å². The van der Waals surface area contributed by atoms with Crippen LogP contribution >= 0.6 is 0 Å². The number of amides is 1. The molecule has 0 atom stereocenters. The van der Waals surface area contributed by atoms with Crippen LogP contribution in [-0.2, 0) is 9.53 Å². The fourth-order valence-electron chi connectivity index (χ4n) is 1.47. The molecule has 5 nitrogen and oxygen atoms in total. The van der Waals surface area contributed by atoms with Crippen molar-refractivity contribution in [3.8, 4) is 0 Å². The molecule has 5 heteroatoms. The van der Waals surface area contributed by atoms with Crippen molar-refractivity contribution in [2.45, 2.75) is 26.8 Å². The molecule has 98 valence electrons. The molecule has 0 aliphatic carbocycles. The van der Waals surface area contributed by atoms with E-state index in [0.717, 1.165) is 0 Å². The van der Waals surface area contributed by atoms with Crippen LogP contribution < -0.4 is 0 Å². The molecule has 0 saturated heterocycles. The summed E-state index contributed by atoms with van der Waals surface area (Å²) in [6, 6.07) is 5.01. The zero-order valence-corrected chi connectivity index (χ0v) is 10.9. The Bertz CT molecular complexity index is 404. The average Bonchev–Trinajstić information content (AvgIpc) is 2.36. The molecule has 0 radical (unpaired) electrons. The molecule has 0 bridgehead atoms. The van der Waals surface area contributed by atoms with E-state index in [9.17, 15) is 9.59 Å². The number of hydrogen-bond acceptors (Lipinski definition) is 4. The Balaban J connectivity index is 2.79. The lowest BCUT2D eigenvalue weighted by molar-refractivity contribution is -0.144. The standard InChI is InChI=1S/C13H18N2O3/c1-4-18-12(16)9-15(10(2)3)13(17)11-7-5-6-8-14-11/h5-8,10H,4,9H2,1-3H3. The Morgan fingerprint density at radius 3 is 2.61 bits per heavy atom. The second kappa shape index (κ2) is 6.74. The largest absolute Gasteiger partial charge is 0.465 e. The van der Waals surface area contributed by atoms with Crippen LogP contribution in [0.3, 0.4) is 0 Å². The van der Waals surface area contributed by atoms with Crippen LogP contribution in [0.1, 0.15) is 31.3 Å². The lowest BCUT2D eigenvalue weighted by Crippen LogP contribution is -2.41. The maximum atomic E-state index is 12.2. The van der Waals surface area contributed by atoms with Gasteiger partial charge in [-0.1, -0.05) is 6.07 Å².